The van der Waals surface area contributed by atoms with E-state index in [0.717, 1.165) is 11.2 Å². The number of nitrogens with zero attached hydrogens (tertiary/aromatic N) is 1. The zero-order valence-electron chi connectivity index (χ0n) is 12.6. The van der Waals surface area contributed by atoms with E-state index in [4.69, 9.17) is 10.7 Å². The van der Waals surface area contributed by atoms with Crippen LogP contribution in [-0.4, -0.2) is 11.5 Å². The summed E-state index contributed by atoms with van der Waals surface area (Å²) in [6.45, 7) is 11.5. The van der Waals surface area contributed by atoms with Crippen LogP contribution in [0.2, 0.25) is 0 Å². The lowest BCUT2D eigenvalue weighted by molar-refractivity contribution is 0.520. The highest BCUT2D eigenvalue weighted by Crippen LogP contribution is 2.28. The first kappa shape index (κ1) is 14.0. The monoisotopic (exact) mass is 256 g/mol. The van der Waals surface area contributed by atoms with Crippen molar-refractivity contribution in [2.45, 2.75) is 46.0 Å². The Morgan fingerprint density at radius 3 is 2.47 bits per heavy atom. The molecule has 0 radical (unpaired) electrons. The van der Waals surface area contributed by atoms with E-state index in [9.17, 15) is 0 Å². The van der Waals surface area contributed by atoms with E-state index in [2.05, 4.69) is 58.9 Å². The Hall–Kier alpha value is -1.41. The van der Waals surface area contributed by atoms with Crippen molar-refractivity contribution in [1.29, 1.82) is 0 Å². The quantitative estimate of drug-likeness (QED) is 0.904. The highest BCUT2D eigenvalue weighted by atomic mass is 14.7. The molecule has 0 aliphatic rings. The Bertz CT molecular complexity index is 597. The number of fused-ring (bicyclic) bond motifs is 1. The van der Waals surface area contributed by atoms with Gasteiger partial charge in [-0.1, -0.05) is 33.8 Å². The van der Waals surface area contributed by atoms with Crippen LogP contribution in [0.15, 0.2) is 24.3 Å². The highest BCUT2D eigenvalue weighted by Gasteiger charge is 2.22. The van der Waals surface area contributed by atoms with Gasteiger partial charge in [-0.15, -0.1) is 0 Å². The van der Waals surface area contributed by atoms with Gasteiger partial charge in [0.25, 0.3) is 0 Å². The summed E-state index contributed by atoms with van der Waals surface area (Å²) in [5.41, 5.74) is 10.6. The Labute approximate surface area is 116 Å². The molecule has 2 nitrogen and oxygen atoms in total. The van der Waals surface area contributed by atoms with Crippen molar-refractivity contribution in [2.75, 3.05) is 6.54 Å². The van der Waals surface area contributed by atoms with Crippen LogP contribution in [0.5, 0.6) is 0 Å². The first-order valence-electron chi connectivity index (χ1n) is 6.97. The maximum Gasteiger partial charge on any atom is 0.0705 e. The number of rotatable bonds is 3. The van der Waals surface area contributed by atoms with Gasteiger partial charge in [0, 0.05) is 17.3 Å². The zero-order valence-corrected chi connectivity index (χ0v) is 12.6. The highest BCUT2D eigenvalue weighted by molar-refractivity contribution is 5.80. The average molecular weight is 256 g/mol. The summed E-state index contributed by atoms with van der Waals surface area (Å²) in [6.07, 6.45) is 0. The van der Waals surface area contributed by atoms with Crippen LogP contribution >= 0.6 is 0 Å². The molecule has 0 fully saturated rings. The van der Waals surface area contributed by atoms with Gasteiger partial charge >= 0.3 is 0 Å². The van der Waals surface area contributed by atoms with Gasteiger partial charge in [0.2, 0.25) is 0 Å². The van der Waals surface area contributed by atoms with Crippen molar-refractivity contribution >= 4 is 10.9 Å². The third kappa shape index (κ3) is 2.64. The van der Waals surface area contributed by atoms with Crippen molar-refractivity contribution < 1.29 is 0 Å². The summed E-state index contributed by atoms with van der Waals surface area (Å²) in [4.78, 5) is 4.84. The number of hydrogen-bond donors (Lipinski definition) is 1. The first-order chi connectivity index (χ1) is 8.85. The van der Waals surface area contributed by atoms with E-state index in [-0.39, 0.29) is 5.41 Å². The van der Waals surface area contributed by atoms with Crippen molar-refractivity contribution in [3.05, 3.63) is 41.1 Å². The fraction of sp³-hybridized carbons (Fsp3) is 0.471. The molecule has 0 spiro atoms. The molecule has 19 heavy (non-hydrogen) atoms. The maximum absolute atomic E-state index is 5.88. The average Bonchev–Trinajstić information content (AvgIpc) is 2.36. The molecule has 0 amide bonds. The molecule has 2 N–H and O–H groups in total. The molecule has 0 bridgehead atoms. The van der Waals surface area contributed by atoms with Crippen LogP contribution in [0.4, 0.5) is 0 Å². The lowest BCUT2D eigenvalue weighted by Crippen LogP contribution is -2.30. The van der Waals surface area contributed by atoms with Crippen LogP contribution in [0.25, 0.3) is 10.9 Å². The summed E-state index contributed by atoms with van der Waals surface area (Å²) in [5, 5.41) is 1.22. The van der Waals surface area contributed by atoms with Crippen LogP contribution < -0.4 is 5.73 Å². The molecule has 102 valence electrons. The summed E-state index contributed by atoms with van der Waals surface area (Å²) >= 11 is 0. The Morgan fingerprint density at radius 2 is 1.89 bits per heavy atom. The number of hydrogen-bond acceptors (Lipinski definition) is 2. The van der Waals surface area contributed by atoms with Gasteiger partial charge in [-0.3, -0.25) is 4.98 Å². The van der Waals surface area contributed by atoms with E-state index in [1.807, 2.05) is 0 Å². The normalized spacial score (nSPS) is 12.4. The number of pyridine rings is 1. The van der Waals surface area contributed by atoms with Gasteiger partial charge in [0.1, 0.15) is 0 Å². The molecule has 1 heterocycles. The molecular formula is C17H24N2. The fourth-order valence-corrected chi connectivity index (χ4v) is 2.44. The molecule has 0 saturated carbocycles. The number of nitrogens with two attached hydrogens (primary N) is 1. The number of benzene rings is 1. The van der Waals surface area contributed by atoms with Gasteiger partial charge in [-0.25, -0.2) is 0 Å². The van der Waals surface area contributed by atoms with Crippen LogP contribution in [-0.2, 0) is 5.41 Å². The lowest BCUT2D eigenvalue weighted by atomic mass is 9.86. The van der Waals surface area contributed by atoms with Crippen LogP contribution in [0.3, 0.4) is 0 Å². The lowest BCUT2D eigenvalue weighted by Gasteiger charge is -2.24. The Kier molecular flexibility index (Phi) is 3.64. The fourth-order valence-electron chi connectivity index (χ4n) is 2.44. The van der Waals surface area contributed by atoms with Gasteiger partial charge in [0.05, 0.1) is 11.2 Å². The van der Waals surface area contributed by atoms with E-state index in [1.54, 1.807) is 0 Å². The number of aromatic nitrogens is 1. The van der Waals surface area contributed by atoms with E-state index >= 15 is 0 Å². The largest absolute Gasteiger partial charge is 0.330 e. The molecule has 0 saturated heterocycles. The predicted molar refractivity (Wildman–Crippen MR) is 82.6 cm³/mol. The molecule has 2 rings (SSSR count). The second-order valence-corrected chi connectivity index (χ2v) is 6.35. The van der Waals surface area contributed by atoms with Gasteiger partial charge in [-0.2, -0.15) is 0 Å². The van der Waals surface area contributed by atoms with Crippen molar-refractivity contribution in [3.63, 3.8) is 0 Å². The van der Waals surface area contributed by atoms with Crippen molar-refractivity contribution in [1.82, 2.24) is 4.98 Å². The van der Waals surface area contributed by atoms with E-state index in [0.29, 0.717) is 12.5 Å². The summed E-state index contributed by atoms with van der Waals surface area (Å²) in [5.74, 6) is 0.546. The minimum absolute atomic E-state index is 0.0744. The summed E-state index contributed by atoms with van der Waals surface area (Å²) in [6, 6.07) is 8.79. The SMILES string of the molecule is Cc1cc2cc(C(C)C)ccc2nc1C(C)(C)CN. The minimum atomic E-state index is -0.0744. The third-order valence-electron chi connectivity index (χ3n) is 3.85. The summed E-state index contributed by atoms with van der Waals surface area (Å²) in [7, 11) is 0. The second kappa shape index (κ2) is 4.93. The van der Waals surface area contributed by atoms with Gasteiger partial charge in [0.15, 0.2) is 0 Å². The molecule has 2 aromatic rings. The van der Waals surface area contributed by atoms with Crippen LogP contribution in [0, 0.1) is 6.92 Å². The van der Waals surface area contributed by atoms with E-state index < -0.39 is 0 Å². The molecule has 0 aliphatic carbocycles. The van der Waals surface area contributed by atoms with Crippen LogP contribution in [0.1, 0.15) is 50.4 Å². The maximum atomic E-state index is 5.88. The predicted octanol–water partition coefficient (Wildman–Crippen LogP) is 3.90. The molecule has 1 aromatic carbocycles. The third-order valence-corrected chi connectivity index (χ3v) is 3.85. The molecule has 1 aromatic heterocycles. The van der Waals surface area contributed by atoms with Gasteiger partial charge < -0.3 is 5.73 Å². The Morgan fingerprint density at radius 1 is 1.21 bits per heavy atom. The molecular weight excluding hydrogens is 232 g/mol. The minimum Gasteiger partial charge on any atom is -0.330 e. The molecule has 2 heteroatoms. The number of aryl methyl sites for hydroxylation is 1. The standard InChI is InChI=1S/C17H24N2/c1-11(2)13-6-7-15-14(9-13)8-12(3)16(19-15)17(4,5)10-18/h6-9,11H,10,18H2,1-5H3. The topological polar surface area (TPSA) is 38.9 Å². The first-order valence-corrected chi connectivity index (χ1v) is 6.97. The molecule has 0 aliphatic heterocycles. The van der Waals surface area contributed by atoms with E-state index in [1.165, 1.54) is 16.5 Å². The molecule has 0 atom stereocenters. The summed E-state index contributed by atoms with van der Waals surface area (Å²) < 4.78 is 0. The van der Waals surface area contributed by atoms with Crippen molar-refractivity contribution in [2.24, 2.45) is 5.73 Å². The van der Waals surface area contributed by atoms with Crippen molar-refractivity contribution in [3.8, 4) is 0 Å². The van der Waals surface area contributed by atoms with Gasteiger partial charge in [-0.05, 0) is 42.2 Å². The zero-order chi connectivity index (χ0) is 14.2. The Balaban J connectivity index is 2.62. The second-order valence-electron chi connectivity index (χ2n) is 6.35. The smallest absolute Gasteiger partial charge is 0.0705 e. The molecule has 0 unspecified atom stereocenters.